The summed E-state index contributed by atoms with van der Waals surface area (Å²) in [6.45, 7) is 3.27. The van der Waals surface area contributed by atoms with Gasteiger partial charge in [-0.25, -0.2) is 9.18 Å². The van der Waals surface area contributed by atoms with Gasteiger partial charge in [0.25, 0.3) is 5.56 Å². The fourth-order valence-corrected chi connectivity index (χ4v) is 3.69. The van der Waals surface area contributed by atoms with Crippen LogP contribution in [0.4, 0.5) is 10.1 Å². The van der Waals surface area contributed by atoms with E-state index in [1.54, 1.807) is 6.07 Å². The lowest BCUT2D eigenvalue weighted by Crippen LogP contribution is -2.38. The summed E-state index contributed by atoms with van der Waals surface area (Å²) in [5, 5.41) is 9.77. The van der Waals surface area contributed by atoms with Gasteiger partial charge in [-0.05, 0) is 44.2 Å². The summed E-state index contributed by atoms with van der Waals surface area (Å²) < 4.78 is 16.1. The van der Waals surface area contributed by atoms with E-state index in [4.69, 9.17) is 5.73 Å². The molecule has 8 heteroatoms. The van der Waals surface area contributed by atoms with Crippen LogP contribution in [-0.4, -0.2) is 33.6 Å². The molecule has 0 unspecified atom stereocenters. The molecule has 4 rings (SSSR count). The number of nitrogens with two attached hydrogens (primary N) is 1. The fourth-order valence-electron chi connectivity index (χ4n) is 3.69. The molecule has 2 fully saturated rings. The number of rotatable bonds is 3. The maximum absolute atomic E-state index is 14.7. The van der Waals surface area contributed by atoms with E-state index in [1.165, 1.54) is 4.57 Å². The number of hydrogen-bond donors (Lipinski definition) is 2. The van der Waals surface area contributed by atoms with Gasteiger partial charge >= 0.3 is 5.69 Å². The average Bonchev–Trinajstić information content (AvgIpc) is 3.28. The average molecular weight is 348 g/mol. The lowest BCUT2D eigenvalue weighted by Gasteiger charge is -2.22. The molecule has 1 aliphatic carbocycles. The molecule has 3 N–H and O–H groups in total. The fraction of sp³-hybridized carbons (Fsp3) is 0.529. The minimum absolute atomic E-state index is 0.0122. The Balaban J connectivity index is 1.89. The molecule has 2 heterocycles. The molecular weight excluding hydrogens is 327 g/mol. The highest BCUT2D eigenvalue weighted by Gasteiger charge is 2.31. The van der Waals surface area contributed by atoms with Gasteiger partial charge in [0.15, 0.2) is 0 Å². The van der Waals surface area contributed by atoms with E-state index in [1.807, 2.05) is 11.8 Å². The monoisotopic (exact) mass is 348 g/mol. The van der Waals surface area contributed by atoms with Gasteiger partial charge in [-0.1, -0.05) is 4.73 Å². The Bertz CT molecular complexity index is 961. The van der Waals surface area contributed by atoms with Gasteiger partial charge in [-0.2, -0.15) is 0 Å². The second kappa shape index (κ2) is 5.59. The number of fused-ring (bicyclic) bond motifs is 1. The lowest BCUT2D eigenvalue weighted by molar-refractivity contribution is 0.157. The highest BCUT2D eigenvalue weighted by atomic mass is 19.1. The minimum Gasteiger partial charge on any atom is -0.421 e. The van der Waals surface area contributed by atoms with Crippen molar-refractivity contribution in [2.75, 3.05) is 18.0 Å². The van der Waals surface area contributed by atoms with Crippen molar-refractivity contribution >= 4 is 16.6 Å². The second-order valence-corrected chi connectivity index (χ2v) is 7.18. The van der Waals surface area contributed by atoms with Gasteiger partial charge in [-0.3, -0.25) is 9.36 Å². The second-order valence-electron chi connectivity index (χ2n) is 7.18. The number of hydrogen-bond acceptors (Lipinski definition) is 5. The van der Waals surface area contributed by atoms with E-state index < -0.39 is 17.1 Å². The summed E-state index contributed by atoms with van der Waals surface area (Å²) in [5.74, 6) is -0.248. The van der Waals surface area contributed by atoms with Gasteiger partial charge in [0.05, 0.1) is 16.6 Å². The van der Waals surface area contributed by atoms with Crippen molar-refractivity contribution in [2.45, 2.75) is 38.3 Å². The van der Waals surface area contributed by atoms with Gasteiger partial charge in [0.1, 0.15) is 5.82 Å². The molecule has 0 radical (unpaired) electrons. The SMILES string of the molecule is C[C@H](N)[C@@H]1CCN(c2cc3c(cc2F)c(=O)n(O)c(=O)n3C2CC2)C1. The standard InChI is InChI=1S/C17H21FN4O3/c1-9(19)10-4-5-20(8-10)15-7-14-12(6-13(15)18)16(23)22(25)17(24)21(14)11-2-3-11/h6-7,9-11,25H,2-5,8,19H2,1H3/t9-,10+/m0/s1. The largest absolute Gasteiger partial charge is 0.421 e. The zero-order chi connectivity index (χ0) is 17.9. The molecule has 2 aliphatic rings. The summed E-state index contributed by atoms with van der Waals surface area (Å²) in [5.41, 5.74) is 5.05. The molecule has 0 bridgehead atoms. The summed E-state index contributed by atoms with van der Waals surface area (Å²) in [4.78, 5) is 26.4. The van der Waals surface area contributed by atoms with E-state index in [-0.39, 0.29) is 28.1 Å². The van der Waals surface area contributed by atoms with E-state index in [0.717, 1.165) is 25.3 Å². The van der Waals surface area contributed by atoms with Gasteiger partial charge in [-0.15, -0.1) is 0 Å². The third-order valence-corrected chi connectivity index (χ3v) is 5.36. The maximum atomic E-state index is 14.7. The molecule has 2 aromatic rings. The van der Waals surface area contributed by atoms with Crippen molar-refractivity contribution in [3.63, 3.8) is 0 Å². The minimum atomic E-state index is -0.891. The smallest absolute Gasteiger partial charge is 0.365 e. The van der Waals surface area contributed by atoms with Crippen molar-refractivity contribution in [2.24, 2.45) is 11.7 Å². The Kier molecular flexibility index (Phi) is 3.61. The predicted octanol–water partition coefficient (Wildman–Crippen LogP) is 1.05. The Labute approximate surface area is 143 Å². The molecule has 134 valence electrons. The quantitative estimate of drug-likeness (QED) is 0.809. The van der Waals surface area contributed by atoms with Crippen molar-refractivity contribution in [3.8, 4) is 0 Å². The Morgan fingerprint density at radius 1 is 1.28 bits per heavy atom. The lowest BCUT2D eigenvalue weighted by atomic mass is 10.0. The third kappa shape index (κ3) is 2.52. The first-order valence-electron chi connectivity index (χ1n) is 8.59. The zero-order valence-electron chi connectivity index (χ0n) is 14.0. The van der Waals surface area contributed by atoms with Crippen LogP contribution in [0.15, 0.2) is 21.7 Å². The summed E-state index contributed by atoms with van der Waals surface area (Å²) in [7, 11) is 0. The van der Waals surface area contributed by atoms with Crippen molar-refractivity contribution in [1.29, 1.82) is 0 Å². The van der Waals surface area contributed by atoms with Crippen LogP contribution in [0.2, 0.25) is 0 Å². The molecule has 2 atom stereocenters. The maximum Gasteiger partial charge on any atom is 0.365 e. The molecule has 1 aromatic heterocycles. The van der Waals surface area contributed by atoms with Gasteiger partial charge in [0.2, 0.25) is 0 Å². The Morgan fingerprint density at radius 2 is 2.00 bits per heavy atom. The van der Waals surface area contributed by atoms with E-state index >= 15 is 0 Å². The zero-order valence-corrected chi connectivity index (χ0v) is 14.0. The summed E-state index contributed by atoms with van der Waals surface area (Å²) >= 11 is 0. The molecule has 0 amide bonds. The van der Waals surface area contributed by atoms with Crippen LogP contribution in [0.1, 0.15) is 32.2 Å². The highest BCUT2D eigenvalue weighted by molar-refractivity contribution is 5.82. The first-order chi connectivity index (χ1) is 11.9. The van der Waals surface area contributed by atoms with Gasteiger partial charge < -0.3 is 15.8 Å². The Hall–Kier alpha value is -2.35. The molecule has 25 heavy (non-hydrogen) atoms. The van der Waals surface area contributed by atoms with Crippen molar-refractivity contribution < 1.29 is 9.60 Å². The molecule has 1 aromatic carbocycles. The van der Waals surface area contributed by atoms with E-state index in [2.05, 4.69) is 0 Å². The van der Waals surface area contributed by atoms with Gasteiger partial charge in [0, 0.05) is 25.2 Å². The van der Waals surface area contributed by atoms with Crippen LogP contribution in [-0.2, 0) is 0 Å². The number of nitrogens with zero attached hydrogens (tertiary/aromatic N) is 3. The number of aromatic nitrogens is 2. The van der Waals surface area contributed by atoms with Crippen LogP contribution in [0.25, 0.3) is 10.9 Å². The Morgan fingerprint density at radius 3 is 2.60 bits per heavy atom. The van der Waals surface area contributed by atoms with Crippen LogP contribution in [0.5, 0.6) is 0 Å². The topological polar surface area (TPSA) is 93.5 Å². The highest BCUT2D eigenvalue weighted by Crippen LogP contribution is 2.37. The first kappa shape index (κ1) is 16.1. The first-order valence-corrected chi connectivity index (χ1v) is 8.59. The van der Waals surface area contributed by atoms with Crippen molar-refractivity contribution in [3.05, 3.63) is 38.8 Å². The number of benzene rings is 1. The summed E-state index contributed by atoms with van der Waals surface area (Å²) in [6.07, 6.45) is 2.48. The third-order valence-electron chi connectivity index (χ3n) is 5.36. The number of anilines is 1. The number of halogens is 1. The molecule has 1 saturated carbocycles. The predicted molar refractivity (Wildman–Crippen MR) is 91.9 cm³/mol. The van der Waals surface area contributed by atoms with Crippen LogP contribution in [0, 0.1) is 11.7 Å². The molecule has 0 spiro atoms. The van der Waals surface area contributed by atoms with E-state index in [0.29, 0.717) is 24.3 Å². The normalized spacial score (nSPS) is 21.9. The molecule has 1 aliphatic heterocycles. The van der Waals surface area contributed by atoms with Crippen LogP contribution >= 0.6 is 0 Å². The van der Waals surface area contributed by atoms with Crippen LogP contribution in [0.3, 0.4) is 0 Å². The molecule has 7 nitrogen and oxygen atoms in total. The molecule has 1 saturated heterocycles. The summed E-state index contributed by atoms with van der Waals surface area (Å²) in [6, 6.07) is 2.66. The van der Waals surface area contributed by atoms with E-state index in [9.17, 15) is 19.2 Å². The van der Waals surface area contributed by atoms with Crippen LogP contribution < -0.4 is 21.9 Å². The van der Waals surface area contributed by atoms with Crippen molar-refractivity contribution in [1.82, 2.24) is 9.30 Å². The molecular formula is C17H21FN4O3.